The molecule has 0 heterocycles. The summed E-state index contributed by atoms with van der Waals surface area (Å²) in [5, 5.41) is 0. The maximum atomic E-state index is 14.3. The van der Waals surface area contributed by atoms with Crippen molar-refractivity contribution in [2.45, 2.75) is 63.7 Å². The van der Waals surface area contributed by atoms with Crippen LogP contribution in [0.4, 0.5) is 26.3 Å². The normalized spacial score (nSPS) is 38.5. The van der Waals surface area contributed by atoms with E-state index in [4.69, 9.17) is 0 Å². The van der Waals surface area contributed by atoms with Gasteiger partial charge in [0.15, 0.2) is 0 Å². The fourth-order valence-corrected chi connectivity index (χ4v) is 2.73. The van der Waals surface area contributed by atoms with Gasteiger partial charge in [-0.3, -0.25) is 0 Å². The molecule has 17 heavy (non-hydrogen) atoms. The third-order valence-corrected chi connectivity index (χ3v) is 3.41. The molecule has 0 bridgehead atoms. The smallest absolute Gasteiger partial charge is 0.240 e. The lowest BCUT2D eigenvalue weighted by Gasteiger charge is -2.39. The highest BCUT2D eigenvalue weighted by Gasteiger charge is 2.78. The van der Waals surface area contributed by atoms with Gasteiger partial charge in [-0.25, -0.2) is 17.6 Å². The second kappa shape index (κ2) is 3.32. The Balaban J connectivity index is 3.29. The van der Waals surface area contributed by atoms with E-state index in [9.17, 15) is 26.3 Å². The van der Waals surface area contributed by atoms with Crippen molar-refractivity contribution in [2.24, 2.45) is 5.41 Å². The van der Waals surface area contributed by atoms with Gasteiger partial charge < -0.3 is 0 Å². The van der Waals surface area contributed by atoms with Crippen molar-refractivity contribution in [1.29, 1.82) is 0 Å². The van der Waals surface area contributed by atoms with E-state index in [1.54, 1.807) is 0 Å². The molecule has 0 aromatic rings. The Labute approximate surface area is 96.4 Å². The van der Waals surface area contributed by atoms with E-state index >= 15 is 0 Å². The minimum absolute atomic E-state index is 0.0876. The van der Waals surface area contributed by atoms with Crippen LogP contribution in [0.15, 0.2) is 0 Å². The summed E-state index contributed by atoms with van der Waals surface area (Å²) < 4.78 is 80.9. The van der Waals surface area contributed by atoms with Crippen LogP contribution in [0.5, 0.6) is 0 Å². The summed E-state index contributed by atoms with van der Waals surface area (Å²) in [6.45, 7) is 3.31. The molecule has 0 saturated heterocycles. The molecule has 102 valence electrons. The van der Waals surface area contributed by atoms with Gasteiger partial charge in [0.2, 0.25) is 5.67 Å². The summed E-state index contributed by atoms with van der Waals surface area (Å²) in [6.07, 6.45) is -1.44. The van der Waals surface area contributed by atoms with Crippen molar-refractivity contribution in [3.63, 3.8) is 0 Å². The summed E-state index contributed by atoms with van der Waals surface area (Å²) in [5.74, 6) is -9.63. The Morgan fingerprint density at radius 1 is 0.882 bits per heavy atom. The first-order valence-corrected chi connectivity index (χ1v) is 5.30. The first-order chi connectivity index (χ1) is 7.16. The summed E-state index contributed by atoms with van der Waals surface area (Å²) in [7, 11) is 0. The number of halogens is 6. The number of hydrogen-bond acceptors (Lipinski definition) is 0. The lowest BCUT2D eigenvalue weighted by Crippen LogP contribution is -2.61. The molecule has 1 aliphatic carbocycles. The van der Waals surface area contributed by atoms with Crippen molar-refractivity contribution in [3.8, 4) is 0 Å². The predicted molar refractivity (Wildman–Crippen MR) is 51.9 cm³/mol. The van der Waals surface area contributed by atoms with E-state index in [0.29, 0.717) is 6.92 Å². The lowest BCUT2D eigenvalue weighted by molar-refractivity contribution is -0.286. The quantitative estimate of drug-likeness (QED) is 0.641. The topological polar surface area (TPSA) is 0 Å². The van der Waals surface area contributed by atoms with Crippen LogP contribution in [0.3, 0.4) is 0 Å². The summed E-state index contributed by atoms with van der Waals surface area (Å²) in [5.41, 5.74) is -7.89. The molecule has 0 nitrogen and oxygen atoms in total. The number of hydrogen-bond donors (Lipinski definition) is 0. The van der Waals surface area contributed by atoms with Crippen molar-refractivity contribution in [1.82, 2.24) is 0 Å². The van der Waals surface area contributed by atoms with Gasteiger partial charge in [0.05, 0.1) is 0 Å². The molecular weight excluding hydrogens is 246 g/mol. The molecule has 1 fully saturated rings. The van der Waals surface area contributed by atoms with Gasteiger partial charge in [0.25, 0.3) is 0 Å². The molecule has 1 saturated carbocycles. The fraction of sp³-hybridized carbons (Fsp3) is 1.00. The van der Waals surface area contributed by atoms with Crippen LogP contribution in [-0.2, 0) is 0 Å². The molecule has 6 heteroatoms. The highest BCUT2D eigenvalue weighted by atomic mass is 19.3. The molecule has 2 unspecified atom stereocenters. The van der Waals surface area contributed by atoms with E-state index in [1.165, 1.54) is 13.8 Å². The first kappa shape index (κ1) is 14.6. The zero-order valence-corrected chi connectivity index (χ0v) is 10.2. The van der Waals surface area contributed by atoms with Crippen LogP contribution in [-0.4, -0.2) is 23.2 Å². The number of alkyl halides is 6. The maximum Gasteiger partial charge on any atom is 0.346 e. The van der Waals surface area contributed by atoms with Crippen LogP contribution in [0.1, 0.15) is 40.5 Å². The SMILES string of the molecule is CC1(C)CC(C)(F)C(F)(C(F)(F)C(C)(F)F)C1. The summed E-state index contributed by atoms with van der Waals surface area (Å²) in [4.78, 5) is 0. The van der Waals surface area contributed by atoms with Crippen LogP contribution in [0, 0.1) is 5.41 Å². The Morgan fingerprint density at radius 3 is 1.53 bits per heavy atom. The van der Waals surface area contributed by atoms with Crippen LogP contribution in [0.2, 0.25) is 0 Å². The Kier molecular flexibility index (Phi) is 2.86. The van der Waals surface area contributed by atoms with Crippen LogP contribution >= 0.6 is 0 Å². The predicted octanol–water partition coefficient (Wildman–Crippen LogP) is 4.53. The molecule has 0 radical (unpaired) electrons. The molecular formula is C11H16F6. The molecule has 0 aromatic heterocycles. The second-order valence-electron chi connectivity index (χ2n) is 5.98. The Hall–Kier alpha value is -0.420. The third kappa shape index (κ3) is 1.93. The van der Waals surface area contributed by atoms with Gasteiger partial charge in [-0.05, 0) is 25.2 Å². The highest BCUT2D eigenvalue weighted by molar-refractivity contribution is 5.18. The maximum absolute atomic E-state index is 14.3. The standard InChI is InChI=1S/C11H16F6/c1-7(2)5-8(3,12)10(15,6-7)11(16,17)9(4,13)14/h5-6H2,1-4H3. The summed E-state index contributed by atoms with van der Waals surface area (Å²) in [6, 6.07) is 0. The second-order valence-corrected chi connectivity index (χ2v) is 5.98. The minimum Gasteiger partial charge on any atom is -0.240 e. The zero-order chi connectivity index (χ0) is 13.9. The third-order valence-electron chi connectivity index (χ3n) is 3.41. The van der Waals surface area contributed by atoms with Gasteiger partial charge in [-0.2, -0.15) is 8.78 Å². The lowest BCUT2D eigenvalue weighted by atomic mass is 9.82. The Bertz CT molecular complexity index is 314. The van der Waals surface area contributed by atoms with E-state index in [0.717, 1.165) is 0 Å². The van der Waals surface area contributed by atoms with Crippen molar-refractivity contribution < 1.29 is 26.3 Å². The van der Waals surface area contributed by atoms with Crippen LogP contribution in [0.25, 0.3) is 0 Å². The van der Waals surface area contributed by atoms with Gasteiger partial charge in [-0.1, -0.05) is 13.8 Å². The molecule has 0 amide bonds. The average molecular weight is 262 g/mol. The summed E-state index contributed by atoms with van der Waals surface area (Å²) >= 11 is 0. The monoisotopic (exact) mass is 262 g/mol. The molecule has 2 atom stereocenters. The van der Waals surface area contributed by atoms with Crippen molar-refractivity contribution >= 4 is 0 Å². The zero-order valence-electron chi connectivity index (χ0n) is 10.2. The van der Waals surface area contributed by atoms with Gasteiger partial charge >= 0.3 is 11.8 Å². The fourth-order valence-electron chi connectivity index (χ4n) is 2.73. The van der Waals surface area contributed by atoms with Gasteiger partial charge in [-0.15, -0.1) is 0 Å². The first-order valence-electron chi connectivity index (χ1n) is 5.30. The molecule has 1 rings (SSSR count). The molecule has 0 aliphatic heterocycles. The molecule has 0 spiro atoms. The van der Waals surface area contributed by atoms with E-state index in [1.807, 2.05) is 0 Å². The average Bonchev–Trinajstić information content (AvgIpc) is 2.13. The van der Waals surface area contributed by atoms with E-state index < -0.39 is 41.4 Å². The van der Waals surface area contributed by atoms with E-state index in [2.05, 4.69) is 0 Å². The van der Waals surface area contributed by atoms with Gasteiger partial charge in [0, 0.05) is 6.92 Å². The van der Waals surface area contributed by atoms with Gasteiger partial charge in [0.1, 0.15) is 5.67 Å². The Morgan fingerprint density at radius 2 is 1.29 bits per heavy atom. The highest BCUT2D eigenvalue weighted by Crippen LogP contribution is 2.62. The molecule has 0 aromatic carbocycles. The van der Waals surface area contributed by atoms with E-state index in [-0.39, 0.29) is 6.92 Å². The minimum atomic E-state index is -5.03. The number of rotatable bonds is 2. The molecule has 1 aliphatic rings. The molecule has 0 N–H and O–H groups in total. The van der Waals surface area contributed by atoms with Crippen molar-refractivity contribution in [3.05, 3.63) is 0 Å². The van der Waals surface area contributed by atoms with Crippen LogP contribution < -0.4 is 0 Å². The largest absolute Gasteiger partial charge is 0.346 e. The van der Waals surface area contributed by atoms with Crippen molar-refractivity contribution in [2.75, 3.05) is 0 Å².